The molecule has 1 aliphatic heterocycles. The molecule has 1 atom stereocenters. The maximum absolute atomic E-state index is 12.9. The molecule has 1 saturated heterocycles. The molecule has 0 aromatic heterocycles. The number of piperazine rings is 1. The number of likely N-dealkylation sites (N-methyl/N-ethyl adjacent to an activating group) is 1. The van der Waals surface area contributed by atoms with Crippen molar-refractivity contribution >= 4 is 5.91 Å². The van der Waals surface area contributed by atoms with Crippen LogP contribution in [0.5, 0.6) is 0 Å². The van der Waals surface area contributed by atoms with Gasteiger partial charge in [-0.1, -0.05) is 32.9 Å². The molecule has 5 heteroatoms. The van der Waals surface area contributed by atoms with Crippen molar-refractivity contribution in [1.82, 2.24) is 15.1 Å². The number of hydrogen-bond donors (Lipinski definition) is 1. The van der Waals surface area contributed by atoms with E-state index in [0.717, 1.165) is 25.2 Å². The van der Waals surface area contributed by atoms with E-state index in [-0.39, 0.29) is 17.1 Å². The van der Waals surface area contributed by atoms with Crippen molar-refractivity contribution in [3.8, 4) is 0 Å². The van der Waals surface area contributed by atoms with E-state index in [1.807, 2.05) is 0 Å². The van der Waals surface area contributed by atoms with Gasteiger partial charge in [0, 0.05) is 32.2 Å². The van der Waals surface area contributed by atoms with Crippen molar-refractivity contribution < 1.29 is 9.18 Å². The zero-order chi connectivity index (χ0) is 17.0. The van der Waals surface area contributed by atoms with E-state index in [4.69, 9.17) is 0 Å². The second kappa shape index (κ2) is 7.41. The molecule has 0 radical (unpaired) electrons. The molecular formula is C18H28FN3O. The fraction of sp³-hybridized carbons (Fsp3) is 0.611. The van der Waals surface area contributed by atoms with E-state index in [0.29, 0.717) is 19.1 Å². The van der Waals surface area contributed by atoms with E-state index < -0.39 is 0 Å². The number of nitrogens with zero attached hydrogens (tertiary/aromatic N) is 2. The number of rotatable bonds is 4. The predicted molar refractivity (Wildman–Crippen MR) is 90.6 cm³/mol. The van der Waals surface area contributed by atoms with Crippen LogP contribution in [0.25, 0.3) is 0 Å². The quantitative estimate of drug-likeness (QED) is 0.922. The highest BCUT2D eigenvalue weighted by Gasteiger charge is 2.33. The first kappa shape index (κ1) is 17.9. The third kappa shape index (κ3) is 5.29. The van der Waals surface area contributed by atoms with Gasteiger partial charge in [-0.25, -0.2) is 4.39 Å². The van der Waals surface area contributed by atoms with Crippen molar-refractivity contribution in [1.29, 1.82) is 0 Å². The molecule has 1 aromatic carbocycles. The summed E-state index contributed by atoms with van der Waals surface area (Å²) < 4.78 is 12.9. The molecule has 1 aromatic rings. The first-order chi connectivity index (χ1) is 10.8. The molecule has 0 aliphatic carbocycles. The lowest BCUT2D eigenvalue weighted by Crippen LogP contribution is -2.57. The first-order valence-corrected chi connectivity index (χ1v) is 8.19. The van der Waals surface area contributed by atoms with Gasteiger partial charge in [-0.2, -0.15) is 0 Å². The monoisotopic (exact) mass is 321 g/mol. The maximum atomic E-state index is 12.9. The molecule has 1 fully saturated rings. The van der Waals surface area contributed by atoms with Gasteiger partial charge in [-0.05, 0) is 30.2 Å². The van der Waals surface area contributed by atoms with Gasteiger partial charge in [0.1, 0.15) is 5.82 Å². The SMILES string of the molecule is CN1CCN(CC(=O)NCc2ccc(F)cc2)CC1C(C)(C)C. The molecule has 1 heterocycles. The normalized spacial score (nSPS) is 20.5. The second-order valence-electron chi connectivity index (χ2n) is 7.50. The Balaban J connectivity index is 1.82. The minimum absolute atomic E-state index is 0.0199. The number of hydrogen-bond acceptors (Lipinski definition) is 3. The zero-order valence-corrected chi connectivity index (χ0v) is 14.6. The lowest BCUT2D eigenvalue weighted by molar-refractivity contribution is -0.123. The minimum atomic E-state index is -0.259. The molecule has 1 unspecified atom stereocenters. The number of benzene rings is 1. The third-order valence-electron chi connectivity index (χ3n) is 4.50. The third-order valence-corrected chi connectivity index (χ3v) is 4.50. The van der Waals surface area contributed by atoms with Crippen molar-refractivity contribution in [2.45, 2.75) is 33.4 Å². The molecular weight excluding hydrogens is 293 g/mol. The summed E-state index contributed by atoms with van der Waals surface area (Å²) in [4.78, 5) is 16.7. The Hall–Kier alpha value is -1.46. The Morgan fingerprint density at radius 1 is 1.26 bits per heavy atom. The summed E-state index contributed by atoms with van der Waals surface area (Å²) in [6, 6.07) is 6.66. The topological polar surface area (TPSA) is 35.6 Å². The summed E-state index contributed by atoms with van der Waals surface area (Å²) in [5, 5.41) is 2.91. The molecule has 23 heavy (non-hydrogen) atoms. The highest BCUT2D eigenvalue weighted by molar-refractivity contribution is 5.78. The van der Waals surface area contributed by atoms with Gasteiger partial charge in [0.05, 0.1) is 6.54 Å². The van der Waals surface area contributed by atoms with Crippen LogP contribution in [-0.2, 0) is 11.3 Å². The van der Waals surface area contributed by atoms with Crippen LogP contribution >= 0.6 is 0 Å². The average molecular weight is 321 g/mol. The Morgan fingerprint density at radius 3 is 2.52 bits per heavy atom. The lowest BCUT2D eigenvalue weighted by Gasteiger charge is -2.45. The minimum Gasteiger partial charge on any atom is -0.351 e. The summed E-state index contributed by atoms with van der Waals surface area (Å²) in [5.74, 6) is -0.239. The maximum Gasteiger partial charge on any atom is 0.234 e. The summed E-state index contributed by atoms with van der Waals surface area (Å²) in [7, 11) is 2.15. The average Bonchev–Trinajstić information content (AvgIpc) is 2.47. The van der Waals surface area contributed by atoms with Crippen molar-refractivity contribution in [3.05, 3.63) is 35.6 Å². The van der Waals surface area contributed by atoms with Gasteiger partial charge in [0.2, 0.25) is 5.91 Å². The van der Waals surface area contributed by atoms with Gasteiger partial charge in [0.25, 0.3) is 0 Å². The molecule has 0 saturated carbocycles. The summed E-state index contributed by atoms with van der Waals surface area (Å²) in [5.41, 5.74) is 1.10. The van der Waals surface area contributed by atoms with Crippen molar-refractivity contribution in [2.75, 3.05) is 33.2 Å². The van der Waals surface area contributed by atoms with E-state index in [1.165, 1.54) is 12.1 Å². The fourth-order valence-electron chi connectivity index (χ4n) is 3.07. The van der Waals surface area contributed by atoms with Gasteiger partial charge in [-0.15, -0.1) is 0 Å². The summed E-state index contributed by atoms with van der Waals surface area (Å²) in [6.45, 7) is 10.4. The Bertz CT molecular complexity index is 524. The Kier molecular flexibility index (Phi) is 5.76. The van der Waals surface area contributed by atoms with Crippen LogP contribution in [0.2, 0.25) is 0 Å². The van der Waals surface area contributed by atoms with Gasteiger partial charge >= 0.3 is 0 Å². The number of amides is 1. The lowest BCUT2D eigenvalue weighted by atomic mass is 9.84. The van der Waals surface area contributed by atoms with E-state index in [2.05, 4.69) is 42.9 Å². The van der Waals surface area contributed by atoms with E-state index in [9.17, 15) is 9.18 Å². The summed E-state index contributed by atoms with van der Waals surface area (Å²) >= 11 is 0. The smallest absolute Gasteiger partial charge is 0.234 e. The van der Waals surface area contributed by atoms with Crippen LogP contribution in [0.4, 0.5) is 4.39 Å². The zero-order valence-electron chi connectivity index (χ0n) is 14.6. The molecule has 1 N–H and O–H groups in total. The first-order valence-electron chi connectivity index (χ1n) is 8.19. The molecule has 1 aliphatic rings. The van der Waals surface area contributed by atoms with Crippen LogP contribution in [0.15, 0.2) is 24.3 Å². The Labute approximate surface area is 138 Å². The van der Waals surface area contributed by atoms with Crippen LogP contribution in [0.1, 0.15) is 26.3 Å². The fourth-order valence-corrected chi connectivity index (χ4v) is 3.07. The highest BCUT2D eigenvalue weighted by atomic mass is 19.1. The molecule has 128 valence electrons. The number of nitrogens with one attached hydrogen (secondary N) is 1. The van der Waals surface area contributed by atoms with Gasteiger partial charge < -0.3 is 10.2 Å². The summed E-state index contributed by atoms with van der Waals surface area (Å²) in [6.07, 6.45) is 0. The molecule has 1 amide bonds. The van der Waals surface area contributed by atoms with Crippen LogP contribution < -0.4 is 5.32 Å². The van der Waals surface area contributed by atoms with Crippen molar-refractivity contribution in [3.63, 3.8) is 0 Å². The number of carbonyl (C=O) groups excluding carboxylic acids is 1. The molecule has 2 rings (SSSR count). The van der Waals surface area contributed by atoms with Gasteiger partial charge in [-0.3, -0.25) is 9.69 Å². The molecule has 4 nitrogen and oxygen atoms in total. The Morgan fingerprint density at radius 2 is 1.91 bits per heavy atom. The van der Waals surface area contributed by atoms with Crippen LogP contribution in [0.3, 0.4) is 0 Å². The van der Waals surface area contributed by atoms with Crippen LogP contribution in [0, 0.1) is 11.2 Å². The second-order valence-corrected chi connectivity index (χ2v) is 7.50. The van der Waals surface area contributed by atoms with Crippen LogP contribution in [-0.4, -0.2) is 55.0 Å². The highest BCUT2D eigenvalue weighted by Crippen LogP contribution is 2.26. The standard InChI is InChI=1S/C18H28FN3O/c1-18(2,3)16-12-22(10-9-21(16)4)13-17(23)20-11-14-5-7-15(19)8-6-14/h5-8,16H,9-13H2,1-4H3,(H,20,23). The largest absolute Gasteiger partial charge is 0.351 e. The van der Waals surface area contributed by atoms with Crippen molar-refractivity contribution in [2.24, 2.45) is 5.41 Å². The number of carbonyl (C=O) groups is 1. The van der Waals surface area contributed by atoms with Gasteiger partial charge in [0.15, 0.2) is 0 Å². The number of halogens is 1. The van der Waals surface area contributed by atoms with E-state index in [1.54, 1.807) is 12.1 Å². The molecule has 0 spiro atoms. The molecule has 0 bridgehead atoms. The van der Waals surface area contributed by atoms with E-state index >= 15 is 0 Å². The predicted octanol–water partition coefficient (Wildman–Crippen LogP) is 2.10.